The molecule has 42 heavy (non-hydrogen) atoms. The van der Waals surface area contributed by atoms with Crippen LogP contribution in [0.2, 0.25) is 5.02 Å². The summed E-state index contributed by atoms with van der Waals surface area (Å²) in [5.74, 6) is -2.68. The Kier molecular flexibility index (Phi) is 10.00. The van der Waals surface area contributed by atoms with Gasteiger partial charge in [-0.1, -0.05) is 29.8 Å². The molecule has 4 rings (SSSR count). The first-order chi connectivity index (χ1) is 20.2. The third-order valence-corrected chi connectivity index (χ3v) is 7.22. The van der Waals surface area contributed by atoms with Gasteiger partial charge in [0.25, 0.3) is 0 Å². The number of aryl methyl sites for hydroxylation is 1. The molecule has 0 fully saturated rings. The molecule has 1 aromatic heterocycles. The molecular weight excluding hydrogens is 566 g/mol. The van der Waals surface area contributed by atoms with E-state index >= 15 is 0 Å². The number of methoxy groups -OCH3 is 2. The standard InChI is InChI=1S/C30H32ClN3O8/c1-5-42-30(38)26-21(33-14-19(29(37)40-4)25(26)18-8-6-7-9-20(18)31)16-41-11-10-32-13-17-15-34(2)27-22(35)12-23(39-3)28(36)24(17)27/h6-9,12,14-15,25,32-33H,5,10-11,13,16H2,1-4H3. The van der Waals surface area contributed by atoms with E-state index in [-0.39, 0.29) is 48.3 Å². The predicted molar refractivity (Wildman–Crippen MR) is 153 cm³/mol. The van der Waals surface area contributed by atoms with Crippen LogP contribution in [0.1, 0.15) is 44.8 Å². The zero-order chi connectivity index (χ0) is 30.4. The molecule has 1 unspecified atom stereocenters. The number of nitrogens with one attached hydrogen (secondary N) is 2. The van der Waals surface area contributed by atoms with Crippen LogP contribution in [-0.4, -0.2) is 68.7 Å². The molecule has 222 valence electrons. The summed E-state index contributed by atoms with van der Waals surface area (Å²) in [6.07, 6.45) is 4.43. The fraction of sp³-hybridized carbons (Fsp3) is 0.333. The minimum Gasteiger partial charge on any atom is -0.492 e. The fourth-order valence-corrected chi connectivity index (χ4v) is 5.24. The largest absolute Gasteiger partial charge is 0.492 e. The van der Waals surface area contributed by atoms with Crippen LogP contribution in [0, 0.1) is 0 Å². The second-order valence-electron chi connectivity index (χ2n) is 9.43. The second-order valence-corrected chi connectivity index (χ2v) is 9.83. The van der Waals surface area contributed by atoms with Gasteiger partial charge < -0.3 is 34.1 Å². The van der Waals surface area contributed by atoms with E-state index in [9.17, 15) is 19.2 Å². The maximum absolute atomic E-state index is 13.2. The third-order valence-electron chi connectivity index (χ3n) is 6.87. The maximum atomic E-state index is 13.2. The van der Waals surface area contributed by atoms with Crippen LogP contribution >= 0.6 is 11.6 Å². The highest BCUT2D eigenvalue weighted by atomic mass is 35.5. The number of ketones is 2. The lowest BCUT2D eigenvalue weighted by Crippen LogP contribution is -2.32. The summed E-state index contributed by atoms with van der Waals surface area (Å²) in [6.45, 7) is 2.80. The molecule has 0 saturated heterocycles. The van der Waals surface area contributed by atoms with E-state index in [0.717, 1.165) is 0 Å². The molecule has 0 spiro atoms. The molecule has 2 heterocycles. The molecular formula is C30H32ClN3O8. The van der Waals surface area contributed by atoms with Crippen LogP contribution in [0.3, 0.4) is 0 Å². The number of hydrogen-bond donors (Lipinski definition) is 2. The second kappa shape index (κ2) is 13.6. The molecule has 0 radical (unpaired) electrons. The normalized spacial score (nSPS) is 16.4. The molecule has 2 aromatic rings. The number of hydrogen-bond acceptors (Lipinski definition) is 10. The van der Waals surface area contributed by atoms with Gasteiger partial charge in [-0.2, -0.15) is 0 Å². The zero-order valence-electron chi connectivity index (χ0n) is 23.7. The van der Waals surface area contributed by atoms with E-state index in [1.807, 2.05) is 0 Å². The van der Waals surface area contributed by atoms with Gasteiger partial charge in [0, 0.05) is 43.6 Å². The summed E-state index contributed by atoms with van der Waals surface area (Å²) < 4.78 is 22.9. The van der Waals surface area contributed by atoms with E-state index in [2.05, 4.69) is 10.6 Å². The smallest absolute Gasteiger partial charge is 0.336 e. The highest BCUT2D eigenvalue weighted by Crippen LogP contribution is 2.40. The Labute approximate surface area is 248 Å². The number of carbonyl (C=O) groups excluding carboxylic acids is 4. The lowest BCUT2D eigenvalue weighted by Gasteiger charge is -2.29. The summed E-state index contributed by atoms with van der Waals surface area (Å²) in [7, 11) is 4.33. The molecule has 1 atom stereocenters. The van der Waals surface area contributed by atoms with Crippen molar-refractivity contribution in [3.05, 3.63) is 92.7 Å². The quantitative estimate of drug-likeness (QED) is 0.278. The maximum Gasteiger partial charge on any atom is 0.336 e. The fourth-order valence-electron chi connectivity index (χ4n) is 5.00. The molecule has 1 aliphatic heterocycles. The first-order valence-electron chi connectivity index (χ1n) is 13.2. The number of nitrogens with zero attached hydrogens (tertiary/aromatic N) is 1. The zero-order valence-corrected chi connectivity index (χ0v) is 24.5. The number of ether oxygens (including phenoxy) is 4. The Bertz CT molecular complexity index is 1500. The van der Waals surface area contributed by atoms with Crippen LogP contribution in [0.25, 0.3) is 0 Å². The third kappa shape index (κ3) is 6.18. The van der Waals surface area contributed by atoms with E-state index in [4.69, 9.17) is 30.5 Å². The van der Waals surface area contributed by atoms with E-state index < -0.39 is 17.9 Å². The van der Waals surface area contributed by atoms with Crippen molar-refractivity contribution in [2.75, 3.05) is 40.6 Å². The molecule has 11 nitrogen and oxygen atoms in total. The predicted octanol–water partition coefficient (Wildman–Crippen LogP) is 2.96. The summed E-state index contributed by atoms with van der Waals surface area (Å²) in [5, 5.41) is 6.60. The van der Waals surface area contributed by atoms with Crippen molar-refractivity contribution in [2.24, 2.45) is 7.05 Å². The van der Waals surface area contributed by atoms with Gasteiger partial charge in [-0.25, -0.2) is 9.59 Å². The Hall–Kier alpha value is -4.19. The summed E-state index contributed by atoms with van der Waals surface area (Å²) in [6, 6.07) is 6.94. The minimum atomic E-state index is -0.835. The Morgan fingerprint density at radius 3 is 2.60 bits per heavy atom. The molecule has 0 amide bonds. The van der Waals surface area contributed by atoms with Crippen LogP contribution in [0.4, 0.5) is 0 Å². The molecule has 1 aliphatic carbocycles. The Balaban J connectivity index is 1.46. The Morgan fingerprint density at radius 2 is 1.90 bits per heavy atom. The van der Waals surface area contributed by atoms with Crippen molar-refractivity contribution in [3.63, 3.8) is 0 Å². The van der Waals surface area contributed by atoms with Gasteiger partial charge >= 0.3 is 11.9 Å². The highest BCUT2D eigenvalue weighted by molar-refractivity contribution is 6.31. The van der Waals surface area contributed by atoms with Crippen LogP contribution in [-0.2, 0) is 42.1 Å². The minimum absolute atomic E-state index is 0.00782. The first kappa shape index (κ1) is 30.8. The SMILES string of the molecule is CCOC(=O)C1=C(COCCNCc2cn(C)c3c2C(=O)C(OC)=CC3=O)NC=C(C(=O)OC)C1c1ccccc1Cl. The van der Waals surface area contributed by atoms with Crippen molar-refractivity contribution >= 4 is 35.1 Å². The number of rotatable bonds is 12. The lowest BCUT2D eigenvalue weighted by molar-refractivity contribution is -0.139. The molecule has 12 heteroatoms. The van der Waals surface area contributed by atoms with Gasteiger partial charge in [0.1, 0.15) is 5.69 Å². The average molecular weight is 598 g/mol. The van der Waals surface area contributed by atoms with E-state index in [1.165, 1.54) is 26.5 Å². The molecule has 2 N–H and O–H groups in total. The van der Waals surface area contributed by atoms with Gasteiger partial charge in [-0.15, -0.1) is 0 Å². The number of carbonyl (C=O) groups is 4. The monoisotopic (exact) mass is 597 g/mol. The summed E-state index contributed by atoms with van der Waals surface area (Å²) >= 11 is 6.49. The van der Waals surface area contributed by atoms with Gasteiger partial charge in [-0.05, 0) is 24.1 Å². The molecule has 2 aliphatic rings. The summed E-state index contributed by atoms with van der Waals surface area (Å²) in [4.78, 5) is 51.1. The van der Waals surface area contributed by atoms with Gasteiger partial charge in [0.05, 0.1) is 62.4 Å². The van der Waals surface area contributed by atoms with Crippen LogP contribution < -0.4 is 10.6 Å². The first-order valence-corrected chi connectivity index (χ1v) is 13.6. The van der Waals surface area contributed by atoms with Gasteiger partial charge in [-0.3, -0.25) is 9.59 Å². The molecule has 0 saturated carbocycles. The van der Waals surface area contributed by atoms with Crippen molar-refractivity contribution in [3.8, 4) is 0 Å². The van der Waals surface area contributed by atoms with Crippen molar-refractivity contribution in [1.82, 2.24) is 15.2 Å². The van der Waals surface area contributed by atoms with Crippen LogP contribution in [0.5, 0.6) is 0 Å². The molecule has 0 bridgehead atoms. The number of allylic oxidation sites excluding steroid dienone is 2. The number of aromatic nitrogens is 1. The number of Topliss-reactive ketones (excluding diaryl/α,β-unsaturated/α-hetero) is 1. The van der Waals surface area contributed by atoms with Crippen molar-refractivity contribution < 1.29 is 38.1 Å². The van der Waals surface area contributed by atoms with Crippen molar-refractivity contribution in [1.29, 1.82) is 0 Å². The number of esters is 2. The average Bonchev–Trinajstić information content (AvgIpc) is 3.32. The number of halogens is 1. The van der Waals surface area contributed by atoms with E-state index in [0.29, 0.717) is 46.2 Å². The van der Waals surface area contributed by atoms with Gasteiger partial charge in [0.15, 0.2) is 5.76 Å². The Morgan fingerprint density at radius 1 is 1.14 bits per heavy atom. The van der Waals surface area contributed by atoms with Crippen molar-refractivity contribution in [2.45, 2.75) is 19.4 Å². The van der Waals surface area contributed by atoms with Gasteiger partial charge in [0.2, 0.25) is 11.6 Å². The number of benzene rings is 1. The van der Waals surface area contributed by atoms with E-state index in [1.54, 1.807) is 49.0 Å². The van der Waals surface area contributed by atoms with Crippen LogP contribution in [0.15, 0.2) is 65.3 Å². The number of dihydropyridines is 1. The lowest BCUT2D eigenvalue weighted by atomic mass is 9.82. The molecule has 1 aromatic carbocycles. The number of fused-ring (bicyclic) bond motifs is 1. The summed E-state index contributed by atoms with van der Waals surface area (Å²) in [5.41, 5.74) is 2.67. The highest BCUT2D eigenvalue weighted by Gasteiger charge is 2.38. The topological polar surface area (TPSA) is 134 Å².